The molecule has 0 N–H and O–H groups in total. The molecule has 13 heavy (non-hydrogen) atoms. The minimum absolute atomic E-state index is 0.110. The topological polar surface area (TPSA) is 46.6 Å². The number of likely N-dealkylation sites (tertiary alicyclic amines) is 1. The standard InChI is InChI=1S/C9H15NO3/c1-3-6-13-9(12)7-4-5-10(2)8(7)11/h7H,3-6H2,1-2H3. The Balaban J connectivity index is 2.44. The van der Waals surface area contributed by atoms with E-state index in [1.165, 1.54) is 0 Å². The molecule has 1 fully saturated rings. The second kappa shape index (κ2) is 4.25. The zero-order valence-corrected chi connectivity index (χ0v) is 8.08. The molecule has 0 spiro atoms. The van der Waals surface area contributed by atoms with Crippen molar-refractivity contribution in [1.29, 1.82) is 0 Å². The minimum Gasteiger partial charge on any atom is -0.465 e. The number of hydrogen-bond acceptors (Lipinski definition) is 3. The first kappa shape index (κ1) is 10.0. The minimum atomic E-state index is -0.545. The van der Waals surface area contributed by atoms with Gasteiger partial charge in [-0.15, -0.1) is 0 Å². The summed E-state index contributed by atoms with van der Waals surface area (Å²) in [6, 6.07) is 0. The third-order valence-electron chi connectivity index (χ3n) is 2.16. The Morgan fingerprint density at radius 2 is 2.38 bits per heavy atom. The van der Waals surface area contributed by atoms with Gasteiger partial charge in [0.05, 0.1) is 6.61 Å². The number of nitrogens with zero attached hydrogens (tertiary/aromatic N) is 1. The Morgan fingerprint density at radius 1 is 1.69 bits per heavy atom. The van der Waals surface area contributed by atoms with Crippen LogP contribution in [-0.2, 0) is 14.3 Å². The molecular weight excluding hydrogens is 170 g/mol. The Morgan fingerprint density at radius 3 is 2.85 bits per heavy atom. The Kier molecular flexibility index (Phi) is 3.28. The Bertz CT molecular complexity index is 215. The van der Waals surface area contributed by atoms with Gasteiger partial charge in [-0.2, -0.15) is 0 Å². The number of amides is 1. The van der Waals surface area contributed by atoms with Gasteiger partial charge >= 0.3 is 5.97 Å². The highest BCUT2D eigenvalue weighted by Gasteiger charge is 2.35. The molecule has 1 aliphatic rings. The van der Waals surface area contributed by atoms with Crippen molar-refractivity contribution in [3.05, 3.63) is 0 Å². The third kappa shape index (κ3) is 2.20. The molecule has 1 unspecified atom stereocenters. The van der Waals surface area contributed by atoms with Crippen LogP contribution in [0.25, 0.3) is 0 Å². The van der Waals surface area contributed by atoms with Crippen molar-refractivity contribution in [2.75, 3.05) is 20.2 Å². The van der Waals surface area contributed by atoms with Gasteiger partial charge in [0.15, 0.2) is 0 Å². The first-order valence-corrected chi connectivity index (χ1v) is 4.58. The van der Waals surface area contributed by atoms with Crippen LogP contribution in [0.3, 0.4) is 0 Å². The third-order valence-corrected chi connectivity index (χ3v) is 2.16. The summed E-state index contributed by atoms with van der Waals surface area (Å²) >= 11 is 0. The lowest BCUT2D eigenvalue weighted by atomic mass is 10.1. The fourth-order valence-electron chi connectivity index (χ4n) is 1.34. The van der Waals surface area contributed by atoms with Gasteiger partial charge < -0.3 is 9.64 Å². The maximum Gasteiger partial charge on any atom is 0.318 e. The van der Waals surface area contributed by atoms with E-state index in [2.05, 4.69) is 0 Å². The Hall–Kier alpha value is -1.06. The SMILES string of the molecule is CCCOC(=O)C1CCN(C)C1=O. The van der Waals surface area contributed by atoms with Crippen LogP contribution < -0.4 is 0 Å². The summed E-state index contributed by atoms with van der Waals surface area (Å²) in [7, 11) is 1.70. The van der Waals surface area contributed by atoms with Crippen molar-refractivity contribution in [3.8, 4) is 0 Å². The van der Waals surface area contributed by atoms with Gasteiger partial charge in [0.1, 0.15) is 5.92 Å². The molecule has 0 aromatic heterocycles. The number of esters is 1. The van der Waals surface area contributed by atoms with E-state index in [1.807, 2.05) is 6.92 Å². The molecule has 0 radical (unpaired) electrons. The molecule has 74 valence electrons. The monoisotopic (exact) mass is 185 g/mol. The van der Waals surface area contributed by atoms with Crippen molar-refractivity contribution in [2.24, 2.45) is 5.92 Å². The number of ether oxygens (including phenoxy) is 1. The van der Waals surface area contributed by atoms with Crippen molar-refractivity contribution in [2.45, 2.75) is 19.8 Å². The van der Waals surface area contributed by atoms with Gasteiger partial charge in [0, 0.05) is 13.6 Å². The van der Waals surface area contributed by atoms with E-state index in [0.717, 1.165) is 6.42 Å². The highest BCUT2D eigenvalue weighted by atomic mass is 16.5. The molecule has 1 amide bonds. The summed E-state index contributed by atoms with van der Waals surface area (Å²) < 4.78 is 4.91. The fraction of sp³-hybridized carbons (Fsp3) is 0.778. The molecule has 1 saturated heterocycles. The molecule has 1 heterocycles. The summed E-state index contributed by atoms with van der Waals surface area (Å²) in [5.74, 6) is -1.02. The van der Waals surface area contributed by atoms with Gasteiger partial charge in [0.2, 0.25) is 5.91 Å². The molecular formula is C9H15NO3. The molecule has 0 aromatic carbocycles. The van der Waals surface area contributed by atoms with E-state index in [9.17, 15) is 9.59 Å². The van der Waals surface area contributed by atoms with E-state index in [4.69, 9.17) is 4.74 Å². The number of carbonyl (C=O) groups excluding carboxylic acids is 2. The highest BCUT2D eigenvalue weighted by Crippen LogP contribution is 2.17. The zero-order chi connectivity index (χ0) is 9.84. The lowest BCUT2D eigenvalue weighted by molar-refractivity contribution is -0.152. The van der Waals surface area contributed by atoms with Crippen LogP contribution in [0.2, 0.25) is 0 Å². The van der Waals surface area contributed by atoms with E-state index >= 15 is 0 Å². The lowest BCUT2D eigenvalue weighted by Gasteiger charge is -2.09. The number of rotatable bonds is 3. The van der Waals surface area contributed by atoms with Crippen LogP contribution in [-0.4, -0.2) is 37.0 Å². The fourth-order valence-corrected chi connectivity index (χ4v) is 1.34. The molecule has 0 aromatic rings. The van der Waals surface area contributed by atoms with Crippen LogP contribution in [0.15, 0.2) is 0 Å². The van der Waals surface area contributed by atoms with E-state index in [1.54, 1.807) is 11.9 Å². The smallest absolute Gasteiger partial charge is 0.318 e. The molecule has 1 aliphatic heterocycles. The maximum absolute atomic E-state index is 11.3. The van der Waals surface area contributed by atoms with Crippen molar-refractivity contribution in [3.63, 3.8) is 0 Å². The van der Waals surface area contributed by atoms with Gasteiger partial charge in [-0.25, -0.2) is 0 Å². The van der Waals surface area contributed by atoms with Crippen molar-refractivity contribution >= 4 is 11.9 Å². The van der Waals surface area contributed by atoms with Gasteiger partial charge in [-0.1, -0.05) is 6.92 Å². The summed E-state index contributed by atoms with van der Waals surface area (Å²) in [5.41, 5.74) is 0. The van der Waals surface area contributed by atoms with E-state index in [0.29, 0.717) is 19.6 Å². The largest absolute Gasteiger partial charge is 0.465 e. The van der Waals surface area contributed by atoms with Crippen molar-refractivity contribution < 1.29 is 14.3 Å². The van der Waals surface area contributed by atoms with Crippen LogP contribution in [0.5, 0.6) is 0 Å². The first-order valence-electron chi connectivity index (χ1n) is 4.58. The zero-order valence-electron chi connectivity index (χ0n) is 8.08. The number of hydrogen-bond donors (Lipinski definition) is 0. The van der Waals surface area contributed by atoms with E-state index < -0.39 is 5.92 Å². The molecule has 4 nitrogen and oxygen atoms in total. The molecule has 4 heteroatoms. The van der Waals surface area contributed by atoms with Crippen molar-refractivity contribution in [1.82, 2.24) is 4.90 Å². The van der Waals surface area contributed by atoms with E-state index in [-0.39, 0.29) is 11.9 Å². The average Bonchev–Trinajstić information content (AvgIpc) is 2.44. The number of carbonyl (C=O) groups is 2. The molecule has 1 rings (SSSR count). The second-order valence-electron chi connectivity index (χ2n) is 3.27. The predicted octanol–water partition coefficient (Wildman–Crippen LogP) is 0.418. The summed E-state index contributed by atoms with van der Waals surface area (Å²) in [5, 5.41) is 0. The molecule has 0 saturated carbocycles. The van der Waals surface area contributed by atoms with Crippen LogP contribution in [0, 0.1) is 5.92 Å². The average molecular weight is 185 g/mol. The Labute approximate surface area is 77.8 Å². The van der Waals surface area contributed by atoms with Gasteiger partial charge in [0.25, 0.3) is 0 Å². The van der Waals surface area contributed by atoms with Crippen LogP contribution >= 0.6 is 0 Å². The second-order valence-corrected chi connectivity index (χ2v) is 3.27. The summed E-state index contributed by atoms with van der Waals surface area (Å²) in [6.07, 6.45) is 1.39. The summed E-state index contributed by atoms with van der Waals surface area (Å²) in [6.45, 7) is 2.99. The van der Waals surface area contributed by atoms with Gasteiger partial charge in [-0.05, 0) is 12.8 Å². The molecule has 1 atom stereocenters. The predicted molar refractivity (Wildman–Crippen MR) is 47.0 cm³/mol. The maximum atomic E-state index is 11.3. The highest BCUT2D eigenvalue weighted by molar-refractivity contribution is 5.99. The summed E-state index contributed by atoms with van der Waals surface area (Å²) in [4.78, 5) is 24.2. The molecule has 0 bridgehead atoms. The quantitative estimate of drug-likeness (QED) is 0.473. The first-order chi connectivity index (χ1) is 6.16. The molecule has 0 aliphatic carbocycles. The lowest BCUT2D eigenvalue weighted by Crippen LogP contribution is -2.28. The van der Waals surface area contributed by atoms with Gasteiger partial charge in [-0.3, -0.25) is 9.59 Å². The van der Waals surface area contributed by atoms with Crippen LogP contribution in [0.1, 0.15) is 19.8 Å². The van der Waals surface area contributed by atoms with Crippen LogP contribution in [0.4, 0.5) is 0 Å². The normalized spacial score (nSPS) is 22.2.